The van der Waals surface area contributed by atoms with Gasteiger partial charge in [-0.25, -0.2) is 0 Å². The number of aromatic nitrogens is 1. The molecular formula is C18H21N3O4. The number of aryl methyl sites for hydroxylation is 2. The van der Waals surface area contributed by atoms with Crippen LogP contribution in [0.2, 0.25) is 0 Å². The molecule has 25 heavy (non-hydrogen) atoms. The Morgan fingerprint density at radius 2 is 2.12 bits per heavy atom. The molecule has 1 fully saturated rings. The SMILES string of the molecule is Cc1cc(CNC(=O)[C@H]2OCC(=O)N(C)[C@@H]2c2ccccc2C)no1. The Bertz CT molecular complexity index is 786. The molecule has 2 heterocycles. The molecule has 2 amide bonds. The van der Waals surface area contributed by atoms with Crippen LogP contribution in [0, 0.1) is 13.8 Å². The van der Waals surface area contributed by atoms with Crippen LogP contribution in [0.25, 0.3) is 0 Å². The van der Waals surface area contributed by atoms with Crippen molar-refractivity contribution in [3.8, 4) is 0 Å². The number of amides is 2. The van der Waals surface area contributed by atoms with E-state index in [2.05, 4.69) is 10.5 Å². The van der Waals surface area contributed by atoms with Crippen molar-refractivity contribution >= 4 is 11.8 Å². The average molecular weight is 343 g/mol. The Hall–Kier alpha value is -2.67. The fourth-order valence-corrected chi connectivity index (χ4v) is 3.00. The standard InChI is InChI=1S/C18H21N3O4/c1-11-6-4-5-7-14(11)16-17(24-10-15(22)21(16)3)18(23)19-9-13-8-12(2)25-20-13/h4-8,16-17H,9-10H2,1-3H3,(H,19,23)/t16-,17+/m1/s1. The molecule has 0 unspecified atom stereocenters. The Labute approximate surface area is 145 Å². The van der Waals surface area contributed by atoms with Crippen molar-refractivity contribution in [1.29, 1.82) is 0 Å². The highest BCUT2D eigenvalue weighted by molar-refractivity contribution is 5.86. The van der Waals surface area contributed by atoms with Gasteiger partial charge in [0.1, 0.15) is 18.1 Å². The lowest BCUT2D eigenvalue weighted by Gasteiger charge is -2.38. The molecule has 7 nitrogen and oxygen atoms in total. The minimum atomic E-state index is -0.781. The Kier molecular flexibility index (Phi) is 4.85. The van der Waals surface area contributed by atoms with E-state index < -0.39 is 12.1 Å². The molecule has 3 rings (SSSR count). The number of rotatable bonds is 4. The summed E-state index contributed by atoms with van der Waals surface area (Å²) in [5.41, 5.74) is 2.54. The van der Waals surface area contributed by atoms with E-state index in [1.54, 1.807) is 24.9 Å². The van der Waals surface area contributed by atoms with Gasteiger partial charge in [-0.15, -0.1) is 0 Å². The molecule has 0 spiro atoms. The van der Waals surface area contributed by atoms with E-state index >= 15 is 0 Å². The zero-order valence-electron chi connectivity index (χ0n) is 14.5. The molecule has 0 saturated carbocycles. The molecule has 1 aromatic heterocycles. The number of carbonyl (C=O) groups is 2. The summed E-state index contributed by atoms with van der Waals surface area (Å²) >= 11 is 0. The van der Waals surface area contributed by atoms with E-state index in [9.17, 15) is 9.59 Å². The first kappa shape index (κ1) is 17.2. The van der Waals surface area contributed by atoms with Gasteiger partial charge in [-0.05, 0) is 25.0 Å². The first-order chi connectivity index (χ1) is 12.0. The van der Waals surface area contributed by atoms with Gasteiger partial charge in [0.05, 0.1) is 12.6 Å². The minimum Gasteiger partial charge on any atom is -0.361 e. The van der Waals surface area contributed by atoms with Crippen LogP contribution in [0.15, 0.2) is 34.9 Å². The summed E-state index contributed by atoms with van der Waals surface area (Å²) in [5, 5.41) is 6.67. The number of ether oxygens (including phenoxy) is 1. The normalized spacial score (nSPS) is 20.6. The van der Waals surface area contributed by atoms with Crippen LogP contribution < -0.4 is 5.32 Å². The second-order valence-corrected chi connectivity index (χ2v) is 6.18. The summed E-state index contributed by atoms with van der Waals surface area (Å²) in [6.45, 7) is 3.88. The van der Waals surface area contributed by atoms with E-state index in [1.165, 1.54) is 0 Å². The first-order valence-electron chi connectivity index (χ1n) is 8.10. The topological polar surface area (TPSA) is 84.7 Å². The van der Waals surface area contributed by atoms with Crippen molar-refractivity contribution < 1.29 is 18.8 Å². The van der Waals surface area contributed by atoms with Gasteiger partial charge in [-0.2, -0.15) is 0 Å². The highest BCUT2D eigenvalue weighted by atomic mass is 16.5. The van der Waals surface area contributed by atoms with Crippen LogP contribution >= 0.6 is 0 Å². The molecule has 1 aliphatic rings. The largest absolute Gasteiger partial charge is 0.361 e. The van der Waals surface area contributed by atoms with Crippen molar-refractivity contribution in [3.63, 3.8) is 0 Å². The predicted octanol–water partition coefficient (Wildman–Crippen LogP) is 1.51. The Balaban J connectivity index is 1.80. The maximum absolute atomic E-state index is 12.7. The second kappa shape index (κ2) is 7.06. The summed E-state index contributed by atoms with van der Waals surface area (Å²) in [7, 11) is 1.70. The fourth-order valence-electron chi connectivity index (χ4n) is 3.00. The molecule has 1 N–H and O–H groups in total. The summed E-state index contributed by atoms with van der Waals surface area (Å²) in [4.78, 5) is 26.4. The molecule has 0 aliphatic carbocycles. The Morgan fingerprint density at radius 1 is 1.36 bits per heavy atom. The zero-order chi connectivity index (χ0) is 18.0. The van der Waals surface area contributed by atoms with Crippen molar-refractivity contribution in [2.75, 3.05) is 13.7 Å². The number of carbonyl (C=O) groups excluding carboxylic acids is 2. The average Bonchev–Trinajstić information content (AvgIpc) is 3.01. The van der Waals surface area contributed by atoms with Crippen LogP contribution in [0.4, 0.5) is 0 Å². The smallest absolute Gasteiger partial charge is 0.252 e. The van der Waals surface area contributed by atoms with Gasteiger partial charge in [0, 0.05) is 13.1 Å². The third-order valence-electron chi connectivity index (χ3n) is 4.37. The molecule has 132 valence electrons. The highest BCUT2D eigenvalue weighted by Crippen LogP contribution is 2.31. The molecule has 1 aliphatic heterocycles. The predicted molar refractivity (Wildman–Crippen MR) is 89.5 cm³/mol. The zero-order valence-corrected chi connectivity index (χ0v) is 14.5. The van der Waals surface area contributed by atoms with Crippen LogP contribution in [-0.2, 0) is 20.9 Å². The van der Waals surface area contributed by atoms with E-state index in [0.29, 0.717) is 11.5 Å². The van der Waals surface area contributed by atoms with Crippen LogP contribution in [0.1, 0.15) is 28.6 Å². The van der Waals surface area contributed by atoms with Gasteiger partial charge < -0.3 is 19.5 Å². The lowest BCUT2D eigenvalue weighted by atomic mass is 9.94. The molecule has 7 heteroatoms. The third-order valence-corrected chi connectivity index (χ3v) is 4.37. The van der Waals surface area contributed by atoms with E-state index in [1.807, 2.05) is 31.2 Å². The molecule has 2 atom stereocenters. The number of benzene rings is 1. The van der Waals surface area contributed by atoms with Gasteiger partial charge in [0.2, 0.25) is 5.91 Å². The van der Waals surface area contributed by atoms with Crippen LogP contribution in [-0.4, -0.2) is 41.6 Å². The fraction of sp³-hybridized carbons (Fsp3) is 0.389. The summed E-state index contributed by atoms with van der Waals surface area (Å²) < 4.78 is 10.6. The number of hydrogen-bond acceptors (Lipinski definition) is 5. The van der Waals surface area contributed by atoms with E-state index in [-0.39, 0.29) is 25.0 Å². The van der Waals surface area contributed by atoms with Gasteiger partial charge in [0.25, 0.3) is 5.91 Å². The summed E-state index contributed by atoms with van der Waals surface area (Å²) in [6.07, 6.45) is -0.781. The van der Waals surface area contributed by atoms with Crippen LogP contribution in [0.3, 0.4) is 0 Å². The number of morpholine rings is 1. The molecule has 0 bridgehead atoms. The van der Waals surface area contributed by atoms with Crippen molar-refractivity contribution in [3.05, 3.63) is 52.9 Å². The van der Waals surface area contributed by atoms with E-state index in [0.717, 1.165) is 11.1 Å². The highest BCUT2D eigenvalue weighted by Gasteiger charge is 2.40. The minimum absolute atomic E-state index is 0.111. The molecule has 1 saturated heterocycles. The number of nitrogens with one attached hydrogen (secondary N) is 1. The number of likely N-dealkylation sites (N-methyl/N-ethyl adjacent to an activating group) is 1. The van der Waals surface area contributed by atoms with Crippen molar-refractivity contribution in [1.82, 2.24) is 15.4 Å². The summed E-state index contributed by atoms with van der Waals surface area (Å²) in [6, 6.07) is 8.97. The Morgan fingerprint density at radius 3 is 2.80 bits per heavy atom. The lowest BCUT2D eigenvalue weighted by molar-refractivity contribution is -0.162. The van der Waals surface area contributed by atoms with E-state index in [4.69, 9.17) is 9.26 Å². The maximum atomic E-state index is 12.7. The molecule has 0 radical (unpaired) electrons. The first-order valence-corrected chi connectivity index (χ1v) is 8.10. The molecular weight excluding hydrogens is 322 g/mol. The third kappa shape index (κ3) is 3.56. The summed E-state index contributed by atoms with van der Waals surface area (Å²) in [5.74, 6) is 0.249. The maximum Gasteiger partial charge on any atom is 0.252 e. The molecule has 2 aromatic rings. The van der Waals surface area contributed by atoms with Gasteiger partial charge in [0.15, 0.2) is 6.10 Å². The quantitative estimate of drug-likeness (QED) is 0.909. The number of hydrogen-bond donors (Lipinski definition) is 1. The monoisotopic (exact) mass is 343 g/mol. The van der Waals surface area contributed by atoms with Gasteiger partial charge >= 0.3 is 0 Å². The van der Waals surface area contributed by atoms with Crippen molar-refractivity contribution in [2.45, 2.75) is 32.5 Å². The second-order valence-electron chi connectivity index (χ2n) is 6.18. The molecule has 1 aromatic carbocycles. The van der Waals surface area contributed by atoms with Crippen molar-refractivity contribution in [2.24, 2.45) is 0 Å². The lowest BCUT2D eigenvalue weighted by Crippen LogP contribution is -2.53. The van der Waals surface area contributed by atoms with Gasteiger partial charge in [-0.3, -0.25) is 9.59 Å². The number of nitrogens with zero attached hydrogens (tertiary/aromatic N) is 2. The van der Waals surface area contributed by atoms with Crippen LogP contribution in [0.5, 0.6) is 0 Å². The van der Waals surface area contributed by atoms with Gasteiger partial charge in [-0.1, -0.05) is 29.4 Å².